The molecule has 2 rings (SSSR count). The van der Waals surface area contributed by atoms with Crippen molar-refractivity contribution in [1.82, 2.24) is 10.3 Å². The normalized spacial score (nSPS) is 13.1. The van der Waals surface area contributed by atoms with Crippen molar-refractivity contribution >= 4 is 42.7 Å². The Bertz CT molecular complexity index is 1140. The summed E-state index contributed by atoms with van der Waals surface area (Å²) in [6, 6.07) is 10.2. The topological polar surface area (TPSA) is 134 Å². The van der Waals surface area contributed by atoms with Crippen LogP contribution in [0.3, 0.4) is 0 Å². The summed E-state index contributed by atoms with van der Waals surface area (Å²) in [7, 11) is -6.73. The smallest absolute Gasteiger partial charge is 0.233 e. The number of sulfone groups is 1. The van der Waals surface area contributed by atoms with Crippen LogP contribution in [0.4, 0.5) is 0 Å². The molecule has 0 saturated heterocycles. The Hall–Kier alpha value is -2.55. The standard InChI is InChI=1S/C18H19N3O5S3/c1-14-21-16(10-27-14)11-29(25,26)13-18(12-28(23)24,17(22)20-8-7-19)9-15-5-3-2-4-6-15/h2-6,10,12H,8-9,11,13H2,1H3,(H,20,22). The van der Waals surface area contributed by atoms with E-state index in [1.165, 1.54) is 11.3 Å². The van der Waals surface area contributed by atoms with Gasteiger partial charge in [0.05, 0.1) is 39.1 Å². The number of aromatic nitrogens is 1. The van der Waals surface area contributed by atoms with Crippen molar-refractivity contribution in [1.29, 1.82) is 5.26 Å². The molecule has 0 aliphatic rings. The molecule has 154 valence electrons. The van der Waals surface area contributed by atoms with Crippen molar-refractivity contribution in [3.8, 4) is 6.07 Å². The molecule has 11 heteroatoms. The highest BCUT2D eigenvalue weighted by molar-refractivity contribution is 7.90. The van der Waals surface area contributed by atoms with E-state index in [-0.39, 0.29) is 13.0 Å². The lowest BCUT2D eigenvalue weighted by Gasteiger charge is -2.27. The Labute approximate surface area is 174 Å². The van der Waals surface area contributed by atoms with E-state index in [1.54, 1.807) is 48.7 Å². The molecule has 1 N–H and O–H groups in total. The summed E-state index contributed by atoms with van der Waals surface area (Å²) in [6.07, 6.45) is -0.158. The molecule has 1 amide bonds. The summed E-state index contributed by atoms with van der Waals surface area (Å²) in [5.41, 5.74) is -0.975. The van der Waals surface area contributed by atoms with Gasteiger partial charge >= 0.3 is 0 Å². The van der Waals surface area contributed by atoms with Gasteiger partial charge in [0.25, 0.3) is 0 Å². The van der Waals surface area contributed by atoms with Gasteiger partial charge in [-0.15, -0.1) is 11.3 Å². The molecule has 0 saturated carbocycles. The number of carbonyl (C=O) groups excluding carboxylic acids is 1. The van der Waals surface area contributed by atoms with Gasteiger partial charge in [0.15, 0.2) is 9.84 Å². The van der Waals surface area contributed by atoms with Crippen molar-refractivity contribution in [3.63, 3.8) is 0 Å². The first-order valence-electron chi connectivity index (χ1n) is 8.40. The average Bonchev–Trinajstić information content (AvgIpc) is 3.03. The van der Waals surface area contributed by atoms with E-state index in [0.717, 1.165) is 0 Å². The van der Waals surface area contributed by atoms with Crippen LogP contribution in [-0.2, 0) is 37.1 Å². The van der Waals surface area contributed by atoms with Crippen molar-refractivity contribution in [2.24, 2.45) is 5.41 Å². The highest BCUT2D eigenvalue weighted by Crippen LogP contribution is 2.26. The van der Waals surface area contributed by atoms with Crippen molar-refractivity contribution in [3.05, 3.63) is 52.0 Å². The van der Waals surface area contributed by atoms with Crippen LogP contribution in [0.1, 0.15) is 16.3 Å². The van der Waals surface area contributed by atoms with E-state index < -0.39 is 43.0 Å². The molecule has 0 spiro atoms. The summed E-state index contributed by atoms with van der Waals surface area (Å²) in [5.74, 6) is -2.00. The predicted molar refractivity (Wildman–Crippen MR) is 111 cm³/mol. The second-order valence-electron chi connectivity index (χ2n) is 6.43. The van der Waals surface area contributed by atoms with Gasteiger partial charge in [-0.1, -0.05) is 30.3 Å². The Morgan fingerprint density at radius 1 is 1.34 bits per heavy atom. The molecule has 29 heavy (non-hydrogen) atoms. The minimum Gasteiger partial charge on any atom is -0.342 e. The Kier molecular flexibility index (Phi) is 7.66. The Morgan fingerprint density at radius 3 is 2.59 bits per heavy atom. The molecule has 1 atom stereocenters. The number of hydrogen-bond acceptors (Lipinski definition) is 8. The number of aryl methyl sites for hydroxylation is 1. The zero-order valence-corrected chi connectivity index (χ0v) is 18.0. The van der Waals surface area contributed by atoms with Gasteiger partial charge in [-0.3, -0.25) is 4.79 Å². The predicted octanol–water partition coefficient (Wildman–Crippen LogP) is 0.917. The maximum Gasteiger partial charge on any atom is 0.233 e. The average molecular weight is 454 g/mol. The minimum absolute atomic E-state index is 0.158. The number of nitrogens with one attached hydrogen (secondary N) is 1. The third kappa shape index (κ3) is 6.77. The van der Waals surface area contributed by atoms with Gasteiger partial charge in [0.1, 0.15) is 6.54 Å². The van der Waals surface area contributed by atoms with Crippen LogP contribution in [0, 0.1) is 23.7 Å². The third-order valence-corrected chi connectivity index (χ3v) is 7.13. The Balaban J connectivity index is 2.49. The van der Waals surface area contributed by atoms with E-state index in [0.29, 0.717) is 21.6 Å². The van der Waals surface area contributed by atoms with E-state index in [9.17, 15) is 21.6 Å². The van der Waals surface area contributed by atoms with Crippen molar-refractivity contribution in [2.45, 2.75) is 19.1 Å². The largest absolute Gasteiger partial charge is 0.342 e. The van der Waals surface area contributed by atoms with Gasteiger partial charge in [-0.2, -0.15) is 13.7 Å². The Morgan fingerprint density at radius 2 is 2.03 bits per heavy atom. The quantitative estimate of drug-likeness (QED) is 0.441. The first-order valence-corrected chi connectivity index (χ1v) is 12.2. The molecule has 0 aliphatic carbocycles. The van der Waals surface area contributed by atoms with Crippen molar-refractivity contribution < 1.29 is 21.6 Å². The molecule has 1 aromatic heterocycles. The molecular formula is C18H19N3O5S3. The molecule has 8 nitrogen and oxygen atoms in total. The number of thiazole rings is 1. The SMILES string of the molecule is Cc1nc(CS(=O)(=O)CC(C=S(=O)=O)(Cc2ccccc2)C(=O)NCC#N)cs1. The number of rotatable bonds is 9. The molecule has 1 heterocycles. The van der Waals surface area contributed by atoms with Crippen LogP contribution in [0.15, 0.2) is 35.7 Å². The van der Waals surface area contributed by atoms with Crippen LogP contribution < -0.4 is 5.32 Å². The molecular weight excluding hydrogens is 434 g/mol. The highest BCUT2D eigenvalue weighted by atomic mass is 32.2. The zero-order chi connectivity index (χ0) is 21.5. The maximum atomic E-state index is 12.9. The van der Waals surface area contributed by atoms with Gasteiger partial charge < -0.3 is 5.32 Å². The second kappa shape index (κ2) is 9.78. The molecule has 2 aromatic rings. The number of benzene rings is 1. The zero-order valence-electron chi connectivity index (χ0n) is 15.5. The summed E-state index contributed by atoms with van der Waals surface area (Å²) in [6.45, 7) is 1.37. The number of nitrogens with zero attached hydrogens (tertiary/aromatic N) is 2. The minimum atomic E-state index is -3.92. The maximum absolute atomic E-state index is 12.9. The van der Waals surface area contributed by atoms with E-state index >= 15 is 0 Å². The monoisotopic (exact) mass is 453 g/mol. The fourth-order valence-corrected chi connectivity index (χ4v) is 6.18. The van der Waals surface area contributed by atoms with E-state index in [2.05, 4.69) is 10.3 Å². The summed E-state index contributed by atoms with van der Waals surface area (Å²) >= 11 is 1.30. The lowest BCUT2D eigenvalue weighted by Crippen LogP contribution is -2.48. The van der Waals surface area contributed by atoms with Crippen LogP contribution >= 0.6 is 11.3 Å². The first kappa shape index (κ1) is 22.7. The number of hydrogen-bond donors (Lipinski definition) is 1. The molecule has 0 radical (unpaired) electrons. The summed E-state index contributed by atoms with van der Waals surface area (Å²) < 4.78 is 48.8. The summed E-state index contributed by atoms with van der Waals surface area (Å²) in [4.78, 5) is 17.0. The second-order valence-corrected chi connectivity index (χ2v) is 10.3. The van der Waals surface area contributed by atoms with Crippen LogP contribution in [0.5, 0.6) is 0 Å². The number of amides is 1. The van der Waals surface area contributed by atoms with Gasteiger partial charge in [-0.05, 0) is 18.9 Å². The lowest BCUT2D eigenvalue weighted by molar-refractivity contribution is -0.126. The van der Waals surface area contributed by atoms with Crippen molar-refractivity contribution in [2.75, 3.05) is 12.3 Å². The summed E-state index contributed by atoms with van der Waals surface area (Å²) in [5, 5.41) is 14.1. The van der Waals surface area contributed by atoms with Crippen LogP contribution in [-0.4, -0.2) is 45.4 Å². The molecule has 0 aliphatic heterocycles. The van der Waals surface area contributed by atoms with E-state index in [1.807, 2.05) is 0 Å². The first-order chi connectivity index (χ1) is 13.7. The van der Waals surface area contributed by atoms with Gasteiger partial charge in [0, 0.05) is 5.38 Å². The third-order valence-electron chi connectivity index (χ3n) is 3.98. The lowest BCUT2D eigenvalue weighted by atomic mass is 9.84. The molecule has 0 bridgehead atoms. The van der Waals surface area contributed by atoms with Gasteiger partial charge in [-0.25, -0.2) is 13.4 Å². The highest BCUT2D eigenvalue weighted by Gasteiger charge is 2.42. The molecule has 1 unspecified atom stereocenters. The molecule has 0 fully saturated rings. The fourth-order valence-electron chi connectivity index (χ4n) is 2.91. The van der Waals surface area contributed by atoms with E-state index in [4.69, 9.17) is 5.26 Å². The van der Waals surface area contributed by atoms with Crippen LogP contribution in [0.25, 0.3) is 0 Å². The van der Waals surface area contributed by atoms with Crippen LogP contribution in [0.2, 0.25) is 0 Å². The van der Waals surface area contributed by atoms with Gasteiger partial charge in [0.2, 0.25) is 16.2 Å². The number of carbonyl (C=O) groups is 1. The number of nitriles is 1. The fraction of sp³-hybridized carbons (Fsp3) is 0.333. The molecule has 1 aromatic carbocycles.